The topological polar surface area (TPSA) is 84.5 Å². The number of carbonyl (C=O) groups excluding carboxylic acids is 3. The van der Waals surface area contributed by atoms with Gasteiger partial charge < -0.3 is 15.4 Å². The van der Waals surface area contributed by atoms with E-state index in [1.54, 1.807) is 12.1 Å². The molecular weight excluding hydrogens is 320 g/mol. The van der Waals surface area contributed by atoms with E-state index >= 15 is 0 Å². The fraction of sp³-hybridized carbons (Fsp3) is 0.526. The van der Waals surface area contributed by atoms with Crippen molar-refractivity contribution in [1.29, 1.82) is 0 Å². The molecule has 138 valence electrons. The molecule has 1 aromatic carbocycles. The number of ether oxygens (including phenoxy) is 1. The molecule has 0 aliphatic rings. The molecule has 25 heavy (non-hydrogen) atoms. The van der Waals surface area contributed by atoms with Gasteiger partial charge in [0.2, 0.25) is 0 Å². The van der Waals surface area contributed by atoms with Crippen LogP contribution in [-0.2, 0) is 19.7 Å². The first-order valence-corrected chi connectivity index (χ1v) is 8.24. The molecular formula is C19H28N2O4. The molecule has 0 heterocycles. The first-order chi connectivity index (χ1) is 11.4. The van der Waals surface area contributed by atoms with Crippen LogP contribution in [0.1, 0.15) is 57.5 Å². The summed E-state index contributed by atoms with van der Waals surface area (Å²) in [6.07, 6.45) is 0. The highest BCUT2D eigenvalue weighted by Gasteiger charge is 2.17. The normalized spacial score (nSPS) is 11.6. The van der Waals surface area contributed by atoms with E-state index in [2.05, 4.69) is 31.4 Å². The second-order valence-corrected chi connectivity index (χ2v) is 7.97. The number of hydrogen-bond acceptors (Lipinski definition) is 4. The smallest absolute Gasteiger partial charge is 0.325 e. The van der Waals surface area contributed by atoms with Crippen molar-refractivity contribution in [3.05, 3.63) is 35.4 Å². The number of nitrogens with one attached hydrogen (secondary N) is 2. The average molecular weight is 348 g/mol. The van der Waals surface area contributed by atoms with Gasteiger partial charge in [-0.25, -0.2) is 0 Å². The molecule has 1 aromatic rings. The first-order valence-electron chi connectivity index (χ1n) is 8.24. The minimum atomic E-state index is -0.663. The van der Waals surface area contributed by atoms with Crippen LogP contribution >= 0.6 is 0 Å². The molecule has 0 saturated heterocycles. The van der Waals surface area contributed by atoms with Crippen LogP contribution in [0.2, 0.25) is 0 Å². The van der Waals surface area contributed by atoms with E-state index in [0.29, 0.717) is 5.56 Å². The van der Waals surface area contributed by atoms with Gasteiger partial charge in [0.05, 0.1) is 0 Å². The van der Waals surface area contributed by atoms with Crippen molar-refractivity contribution in [3.8, 4) is 0 Å². The van der Waals surface area contributed by atoms with Crippen LogP contribution in [0.15, 0.2) is 24.3 Å². The van der Waals surface area contributed by atoms with E-state index in [1.165, 1.54) is 0 Å². The Balaban J connectivity index is 2.43. The maximum Gasteiger partial charge on any atom is 0.325 e. The van der Waals surface area contributed by atoms with Crippen LogP contribution in [0.5, 0.6) is 0 Å². The zero-order valence-electron chi connectivity index (χ0n) is 15.9. The molecule has 0 aromatic heterocycles. The van der Waals surface area contributed by atoms with Crippen molar-refractivity contribution in [3.63, 3.8) is 0 Å². The Morgan fingerprint density at radius 3 is 2.00 bits per heavy atom. The minimum absolute atomic E-state index is 0.00639. The lowest BCUT2D eigenvalue weighted by Crippen LogP contribution is -2.43. The summed E-state index contributed by atoms with van der Waals surface area (Å²) in [4.78, 5) is 35.2. The Labute approximate surface area is 149 Å². The van der Waals surface area contributed by atoms with Gasteiger partial charge in [0.15, 0.2) is 6.61 Å². The van der Waals surface area contributed by atoms with E-state index in [9.17, 15) is 14.4 Å². The molecule has 0 unspecified atom stereocenters. The van der Waals surface area contributed by atoms with Crippen molar-refractivity contribution in [2.45, 2.75) is 52.5 Å². The van der Waals surface area contributed by atoms with Gasteiger partial charge in [-0.15, -0.1) is 0 Å². The monoisotopic (exact) mass is 348 g/mol. The lowest BCUT2D eigenvalue weighted by atomic mass is 9.87. The molecule has 0 spiro atoms. The molecule has 2 amide bonds. The van der Waals surface area contributed by atoms with E-state index in [1.807, 2.05) is 32.9 Å². The predicted octanol–water partition coefficient (Wildman–Crippen LogP) is 2.17. The maximum atomic E-state index is 12.0. The SMILES string of the molecule is CC(C)(C)NC(=O)COC(=O)CNC(=O)c1ccc(C(C)(C)C)cc1. The summed E-state index contributed by atoms with van der Waals surface area (Å²) in [7, 11) is 0. The van der Waals surface area contributed by atoms with Crippen molar-refractivity contribution in [2.24, 2.45) is 0 Å². The molecule has 0 atom stereocenters. The van der Waals surface area contributed by atoms with Crippen molar-refractivity contribution in [1.82, 2.24) is 10.6 Å². The van der Waals surface area contributed by atoms with Gasteiger partial charge in [-0.05, 0) is 43.9 Å². The first kappa shape index (κ1) is 20.7. The molecule has 0 saturated carbocycles. The third kappa shape index (κ3) is 7.83. The molecule has 2 N–H and O–H groups in total. The van der Waals surface area contributed by atoms with Gasteiger partial charge in [-0.3, -0.25) is 14.4 Å². The summed E-state index contributed by atoms with van der Waals surface area (Å²) in [6, 6.07) is 7.23. The summed E-state index contributed by atoms with van der Waals surface area (Å²) in [5, 5.41) is 5.16. The molecule has 6 nitrogen and oxygen atoms in total. The number of carbonyl (C=O) groups is 3. The Morgan fingerprint density at radius 1 is 0.960 bits per heavy atom. The minimum Gasteiger partial charge on any atom is -0.454 e. The average Bonchev–Trinajstić information content (AvgIpc) is 2.48. The summed E-state index contributed by atoms with van der Waals surface area (Å²) >= 11 is 0. The molecule has 0 bridgehead atoms. The van der Waals surface area contributed by atoms with Crippen molar-refractivity contribution < 1.29 is 19.1 Å². The molecule has 0 aliphatic carbocycles. The van der Waals surface area contributed by atoms with E-state index in [-0.39, 0.29) is 30.4 Å². The van der Waals surface area contributed by atoms with E-state index in [0.717, 1.165) is 5.56 Å². The highest BCUT2D eigenvalue weighted by Crippen LogP contribution is 2.22. The molecule has 0 radical (unpaired) electrons. The van der Waals surface area contributed by atoms with Crippen LogP contribution in [0.4, 0.5) is 0 Å². The standard InChI is InChI=1S/C19H28N2O4/c1-18(2,3)14-9-7-13(8-10-14)17(24)20-11-16(23)25-12-15(22)21-19(4,5)6/h7-10H,11-12H2,1-6H3,(H,20,24)(H,21,22). The third-order valence-corrected chi connectivity index (χ3v) is 3.29. The quantitative estimate of drug-likeness (QED) is 0.799. The number of rotatable bonds is 5. The molecule has 6 heteroatoms. The van der Waals surface area contributed by atoms with Crippen LogP contribution < -0.4 is 10.6 Å². The third-order valence-electron chi connectivity index (χ3n) is 3.29. The number of esters is 1. The van der Waals surface area contributed by atoms with Crippen molar-refractivity contribution in [2.75, 3.05) is 13.2 Å². The maximum absolute atomic E-state index is 12.0. The fourth-order valence-electron chi connectivity index (χ4n) is 2.03. The summed E-state index contributed by atoms with van der Waals surface area (Å²) in [5.41, 5.74) is 1.20. The summed E-state index contributed by atoms with van der Waals surface area (Å²) < 4.78 is 4.83. The predicted molar refractivity (Wildman–Crippen MR) is 96.3 cm³/mol. The second kappa shape index (κ2) is 8.14. The second-order valence-electron chi connectivity index (χ2n) is 7.97. The Morgan fingerprint density at radius 2 is 1.52 bits per heavy atom. The number of benzene rings is 1. The fourth-order valence-corrected chi connectivity index (χ4v) is 2.03. The van der Waals surface area contributed by atoms with E-state index < -0.39 is 11.5 Å². The van der Waals surface area contributed by atoms with Crippen LogP contribution in [0.3, 0.4) is 0 Å². The Hall–Kier alpha value is -2.37. The highest BCUT2D eigenvalue weighted by atomic mass is 16.5. The Kier molecular flexibility index (Phi) is 6.73. The molecule has 1 rings (SSSR count). The lowest BCUT2D eigenvalue weighted by molar-refractivity contribution is -0.147. The van der Waals surface area contributed by atoms with Gasteiger partial charge in [-0.2, -0.15) is 0 Å². The van der Waals surface area contributed by atoms with E-state index in [4.69, 9.17) is 4.74 Å². The van der Waals surface area contributed by atoms with Gasteiger partial charge in [0.25, 0.3) is 11.8 Å². The summed E-state index contributed by atoms with van der Waals surface area (Å²) in [6.45, 7) is 11.1. The lowest BCUT2D eigenvalue weighted by Gasteiger charge is -2.20. The Bertz CT molecular complexity index is 622. The van der Waals surface area contributed by atoms with Crippen molar-refractivity contribution >= 4 is 17.8 Å². The largest absolute Gasteiger partial charge is 0.454 e. The number of amides is 2. The summed E-state index contributed by atoms with van der Waals surface area (Å²) in [5.74, 6) is -1.41. The molecule has 0 aliphatic heterocycles. The van der Waals surface area contributed by atoms with Crippen LogP contribution in [0.25, 0.3) is 0 Å². The van der Waals surface area contributed by atoms with Crippen LogP contribution in [-0.4, -0.2) is 36.5 Å². The van der Waals surface area contributed by atoms with Gasteiger partial charge >= 0.3 is 5.97 Å². The van der Waals surface area contributed by atoms with Gasteiger partial charge in [0, 0.05) is 11.1 Å². The van der Waals surface area contributed by atoms with Gasteiger partial charge in [0.1, 0.15) is 6.54 Å². The highest BCUT2D eigenvalue weighted by molar-refractivity contribution is 5.96. The molecule has 0 fully saturated rings. The zero-order valence-corrected chi connectivity index (χ0v) is 15.9. The van der Waals surface area contributed by atoms with Crippen LogP contribution in [0, 0.1) is 0 Å². The number of hydrogen-bond donors (Lipinski definition) is 2. The van der Waals surface area contributed by atoms with Gasteiger partial charge in [-0.1, -0.05) is 32.9 Å². The zero-order chi connectivity index (χ0) is 19.3.